The van der Waals surface area contributed by atoms with Gasteiger partial charge in [-0.1, -0.05) is 30.3 Å². The Morgan fingerprint density at radius 3 is 2.39 bits per heavy atom. The highest BCUT2D eigenvalue weighted by molar-refractivity contribution is 5.96. The second kappa shape index (κ2) is 11.0. The van der Waals surface area contributed by atoms with Crippen LogP contribution in [-0.2, 0) is 9.53 Å². The highest BCUT2D eigenvalue weighted by Crippen LogP contribution is 2.33. The van der Waals surface area contributed by atoms with Gasteiger partial charge < -0.3 is 19.9 Å². The number of nitrogens with zero attached hydrogens (tertiary/aromatic N) is 4. The number of rotatable bonds is 7. The zero-order valence-corrected chi connectivity index (χ0v) is 21.4. The predicted octanol–water partition coefficient (Wildman–Crippen LogP) is 2.77. The lowest BCUT2D eigenvalue weighted by Crippen LogP contribution is -2.39. The first kappa shape index (κ1) is 24.8. The van der Waals surface area contributed by atoms with E-state index in [1.165, 1.54) is 6.33 Å². The Bertz CT molecular complexity index is 1040. The van der Waals surface area contributed by atoms with Gasteiger partial charge in [-0.25, -0.2) is 9.97 Å². The lowest BCUT2D eigenvalue weighted by molar-refractivity contribution is -0.129. The van der Waals surface area contributed by atoms with E-state index in [9.17, 15) is 9.59 Å². The number of benzene rings is 1. The number of amides is 2. The van der Waals surface area contributed by atoms with E-state index in [1.54, 1.807) is 0 Å². The number of aryl methyl sites for hydroxylation is 2. The van der Waals surface area contributed by atoms with Crippen LogP contribution < -0.4 is 5.32 Å². The van der Waals surface area contributed by atoms with Gasteiger partial charge in [0.25, 0.3) is 5.91 Å². The lowest BCUT2D eigenvalue weighted by Gasteiger charge is -2.27. The molecule has 0 aliphatic carbocycles. The van der Waals surface area contributed by atoms with Gasteiger partial charge in [0.1, 0.15) is 6.33 Å². The van der Waals surface area contributed by atoms with E-state index in [0.717, 1.165) is 75.5 Å². The topological polar surface area (TPSA) is 87.7 Å². The molecule has 1 N–H and O–H groups in total. The van der Waals surface area contributed by atoms with E-state index in [2.05, 4.69) is 32.3 Å². The molecule has 1 aromatic heterocycles. The van der Waals surface area contributed by atoms with Crippen molar-refractivity contribution in [2.24, 2.45) is 17.8 Å². The Morgan fingerprint density at radius 2 is 1.75 bits per heavy atom. The quantitative estimate of drug-likeness (QED) is 0.641. The van der Waals surface area contributed by atoms with Crippen molar-refractivity contribution in [3.63, 3.8) is 0 Å². The zero-order chi connectivity index (χ0) is 25.1. The SMILES string of the molecule is Cc1ncnc(C)c1C(=O)N1CC2CN(CCC(NC(=O)C3CCCOC3)c3ccccc3)C[C@H]2C1. The largest absolute Gasteiger partial charge is 0.381 e. The number of carbonyl (C=O) groups is 2. The van der Waals surface area contributed by atoms with Crippen LogP contribution in [0.2, 0.25) is 0 Å². The van der Waals surface area contributed by atoms with Crippen LogP contribution in [0.25, 0.3) is 0 Å². The van der Waals surface area contributed by atoms with Crippen LogP contribution in [0.3, 0.4) is 0 Å². The minimum atomic E-state index is -0.0538. The molecule has 36 heavy (non-hydrogen) atoms. The van der Waals surface area contributed by atoms with E-state index in [4.69, 9.17) is 4.74 Å². The molecule has 2 amide bonds. The number of aromatic nitrogens is 2. The van der Waals surface area contributed by atoms with Crippen molar-refractivity contribution in [3.8, 4) is 0 Å². The van der Waals surface area contributed by atoms with Crippen LogP contribution in [-0.4, -0.2) is 77.5 Å². The van der Waals surface area contributed by atoms with Crippen LogP contribution in [0.15, 0.2) is 36.7 Å². The van der Waals surface area contributed by atoms with Gasteiger partial charge in [0.15, 0.2) is 0 Å². The summed E-state index contributed by atoms with van der Waals surface area (Å²) >= 11 is 0. The molecule has 8 nitrogen and oxygen atoms in total. The first-order chi connectivity index (χ1) is 17.5. The summed E-state index contributed by atoms with van der Waals surface area (Å²) in [7, 11) is 0. The number of hydrogen-bond donors (Lipinski definition) is 1. The zero-order valence-electron chi connectivity index (χ0n) is 21.4. The number of likely N-dealkylation sites (tertiary alicyclic amines) is 2. The number of nitrogens with one attached hydrogen (secondary N) is 1. The molecule has 0 radical (unpaired) electrons. The van der Waals surface area contributed by atoms with Gasteiger partial charge in [-0.3, -0.25) is 9.59 Å². The molecule has 1 aromatic carbocycles. The molecule has 4 atom stereocenters. The number of ether oxygens (including phenoxy) is 1. The van der Waals surface area contributed by atoms with Crippen molar-refractivity contribution in [3.05, 3.63) is 59.2 Å². The molecule has 3 fully saturated rings. The Kier molecular flexibility index (Phi) is 7.62. The molecule has 2 aromatic rings. The van der Waals surface area contributed by atoms with E-state index < -0.39 is 0 Å². The summed E-state index contributed by atoms with van der Waals surface area (Å²) in [6.07, 6.45) is 4.23. The second-order valence-corrected chi connectivity index (χ2v) is 10.6. The van der Waals surface area contributed by atoms with Crippen molar-refractivity contribution >= 4 is 11.8 Å². The third kappa shape index (κ3) is 5.44. The molecule has 0 saturated carbocycles. The standard InChI is InChI=1S/C28H37N5O3/c1-19-26(20(2)30-18-29-19)28(35)33-15-23-13-32(14-24(23)16-33)11-10-25(21-7-4-3-5-8-21)31-27(34)22-9-6-12-36-17-22/h3-5,7-8,18,22-25H,6,9-17H2,1-2H3,(H,31,34)/t22?,23-,24?,25?/m0/s1. The Morgan fingerprint density at radius 1 is 1.06 bits per heavy atom. The van der Waals surface area contributed by atoms with E-state index in [-0.39, 0.29) is 23.8 Å². The van der Waals surface area contributed by atoms with Crippen molar-refractivity contribution in [1.82, 2.24) is 25.1 Å². The van der Waals surface area contributed by atoms with Crippen LogP contribution in [0, 0.1) is 31.6 Å². The van der Waals surface area contributed by atoms with Gasteiger partial charge in [-0.2, -0.15) is 0 Å². The molecular formula is C28H37N5O3. The van der Waals surface area contributed by atoms with Gasteiger partial charge in [0, 0.05) is 39.3 Å². The Balaban J connectivity index is 1.16. The molecule has 8 heteroatoms. The molecule has 192 valence electrons. The highest BCUT2D eigenvalue weighted by Gasteiger charge is 2.42. The fourth-order valence-corrected chi connectivity index (χ4v) is 6.06. The molecule has 3 aliphatic rings. The van der Waals surface area contributed by atoms with Crippen LogP contribution in [0.5, 0.6) is 0 Å². The van der Waals surface area contributed by atoms with Gasteiger partial charge in [-0.15, -0.1) is 0 Å². The maximum Gasteiger partial charge on any atom is 0.257 e. The smallest absolute Gasteiger partial charge is 0.257 e. The van der Waals surface area contributed by atoms with Gasteiger partial charge in [0.05, 0.1) is 35.5 Å². The van der Waals surface area contributed by atoms with E-state index >= 15 is 0 Å². The third-order valence-electron chi connectivity index (χ3n) is 8.07. The number of hydrogen-bond acceptors (Lipinski definition) is 6. The molecular weight excluding hydrogens is 454 g/mol. The van der Waals surface area contributed by atoms with Crippen molar-refractivity contribution in [1.29, 1.82) is 0 Å². The molecule has 3 saturated heterocycles. The fraction of sp³-hybridized carbons (Fsp3) is 0.571. The first-order valence-corrected chi connectivity index (χ1v) is 13.2. The van der Waals surface area contributed by atoms with Gasteiger partial charge in [0.2, 0.25) is 5.91 Å². The molecule has 3 aliphatic heterocycles. The fourth-order valence-electron chi connectivity index (χ4n) is 6.06. The monoisotopic (exact) mass is 491 g/mol. The van der Waals surface area contributed by atoms with E-state index in [0.29, 0.717) is 24.0 Å². The first-order valence-electron chi connectivity index (χ1n) is 13.2. The minimum Gasteiger partial charge on any atom is -0.381 e. The van der Waals surface area contributed by atoms with Gasteiger partial charge >= 0.3 is 0 Å². The maximum absolute atomic E-state index is 13.2. The summed E-state index contributed by atoms with van der Waals surface area (Å²) in [6, 6.07) is 10.3. The summed E-state index contributed by atoms with van der Waals surface area (Å²) in [4.78, 5) is 39.1. The number of carbonyl (C=O) groups excluding carboxylic acids is 2. The summed E-state index contributed by atoms with van der Waals surface area (Å²) < 4.78 is 5.54. The normalized spacial score (nSPS) is 24.9. The molecule has 4 heterocycles. The summed E-state index contributed by atoms with van der Waals surface area (Å²) in [5.41, 5.74) is 3.30. The average molecular weight is 492 g/mol. The highest BCUT2D eigenvalue weighted by atomic mass is 16.5. The number of fused-ring (bicyclic) bond motifs is 1. The third-order valence-corrected chi connectivity index (χ3v) is 8.07. The van der Waals surface area contributed by atoms with Gasteiger partial charge in [-0.05, 0) is 50.5 Å². The van der Waals surface area contributed by atoms with Crippen molar-refractivity contribution in [2.45, 2.75) is 39.2 Å². The maximum atomic E-state index is 13.2. The van der Waals surface area contributed by atoms with Crippen LogP contribution in [0.4, 0.5) is 0 Å². The molecule has 5 rings (SSSR count). The van der Waals surface area contributed by atoms with E-state index in [1.807, 2.05) is 36.9 Å². The summed E-state index contributed by atoms with van der Waals surface area (Å²) in [5.74, 6) is 1.09. The van der Waals surface area contributed by atoms with Crippen LogP contribution >= 0.6 is 0 Å². The summed E-state index contributed by atoms with van der Waals surface area (Å²) in [6.45, 7) is 9.51. The summed E-state index contributed by atoms with van der Waals surface area (Å²) in [5, 5.41) is 3.32. The molecule has 0 bridgehead atoms. The minimum absolute atomic E-state index is 0.0109. The Hall–Kier alpha value is -2.84. The van der Waals surface area contributed by atoms with Crippen molar-refractivity contribution < 1.29 is 14.3 Å². The molecule has 0 spiro atoms. The predicted molar refractivity (Wildman–Crippen MR) is 136 cm³/mol. The van der Waals surface area contributed by atoms with Crippen molar-refractivity contribution in [2.75, 3.05) is 45.9 Å². The average Bonchev–Trinajstić information content (AvgIpc) is 3.46. The lowest BCUT2D eigenvalue weighted by atomic mass is 9.98. The Labute approximate surface area is 213 Å². The second-order valence-electron chi connectivity index (χ2n) is 10.6. The van der Waals surface area contributed by atoms with Crippen LogP contribution in [0.1, 0.15) is 52.6 Å². The molecule has 3 unspecified atom stereocenters.